The second kappa shape index (κ2) is 5.77. The van der Waals surface area contributed by atoms with Gasteiger partial charge in [-0.1, -0.05) is 13.0 Å². The van der Waals surface area contributed by atoms with Crippen LogP contribution in [0.1, 0.15) is 30.3 Å². The molecule has 0 fully saturated rings. The fraction of sp³-hybridized carbons (Fsp3) is 0.250. The Bertz CT molecular complexity index is 1040. The van der Waals surface area contributed by atoms with Gasteiger partial charge in [-0.3, -0.25) is 4.98 Å². The predicted octanol–water partition coefficient (Wildman–Crippen LogP) is 4.60. The Balaban J connectivity index is 1.75. The SMILES string of the molecule is CCc1cccc(-n2nc3c(c2-c2cc4ccncc4s2)CCC3)n1. The molecule has 0 saturated heterocycles. The lowest BCUT2D eigenvalue weighted by Crippen LogP contribution is -2.04. The number of pyridine rings is 2. The standard InChI is InChI=1S/C20H18N4S/c1-2-14-5-3-8-19(22-14)24-20(15-6-4-7-16(15)23-24)17-11-13-9-10-21-12-18(13)25-17/h3,5,8-12H,2,4,6-7H2,1H3. The average Bonchev–Trinajstić information content (AvgIpc) is 3.34. The fourth-order valence-electron chi connectivity index (χ4n) is 3.59. The van der Waals surface area contributed by atoms with Crippen molar-refractivity contribution in [1.29, 1.82) is 0 Å². The Morgan fingerprint density at radius 3 is 3.04 bits per heavy atom. The molecule has 0 N–H and O–H groups in total. The van der Waals surface area contributed by atoms with E-state index in [1.807, 2.05) is 12.4 Å². The van der Waals surface area contributed by atoms with Crippen molar-refractivity contribution in [1.82, 2.24) is 19.7 Å². The highest BCUT2D eigenvalue weighted by molar-refractivity contribution is 7.22. The zero-order valence-corrected chi connectivity index (χ0v) is 14.9. The zero-order chi connectivity index (χ0) is 16.8. The minimum Gasteiger partial charge on any atom is -0.263 e. The Morgan fingerprint density at radius 1 is 1.20 bits per heavy atom. The molecule has 4 nitrogen and oxygen atoms in total. The minimum absolute atomic E-state index is 0.916. The minimum atomic E-state index is 0.916. The summed E-state index contributed by atoms with van der Waals surface area (Å²) < 4.78 is 3.27. The Hall–Kier alpha value is -2.53. The molecule has 0 unspecified atom stereocenters. The first-order chi connectivity index (χ1) is 12.3. The molecule has 0 atom stereocenters. The molecule has 1 aliphatic rings. The largest absolute Gasteiger partial charge is 0.263 e. The molecular formula is C20H18N4S. The summed E-state index contributed by atoms with van der Waals surface area (Å²) in [7, 11) is 0. The van der Waals surface area contributed by atoms with Crippen molar-refractivity contribution in [3.05, 3.63) is 59.7 Å². The quantitative estimate of drug-likeness (QED) is 0.545. The molecule has 4 aromatic rings. The third-order valence-corrected chi connectivity index (χ3v) is 5.93. The van der Waals surface area contributed by atoms with Crippen LogP contribution in [0.3, 0.4) is 0 Å². The van der Waals surface area contributed by atoms with E-state index in [-0.39, 0.29) is 0 Å². The van der Waals surface area contributed by atoms with Crippen LogP contribution in [0.4, 0.5) is 0 Å². The van der Waals surface area contributed by atoms with Crippen LogP contribution in [0.2, 0.25) is 0 Å². The molecule has 0 bridgehead atoms. The van der Waals surface area contributed by atoms with Crippen LogP contribution >= 0.6 is 11.3 Å². The molecule has 124 valence electrons. The molecule has 1 aliphatic carbocycles. The number of aryl methyl sites for hydroxylation is 2. The van der Waals surface area contributed by atoms with E-state index in [9.17, 15) is 0 Å². The molecule has 0 spiro atoms. The highest BCUT2D eigenvalue weighted by atomic mass is 32.1. The van der Waals surface area contributed by atoms with Crippen LogP contribution in [0.5, 0.6) is 0 Å². The second-order valence-electron chi connectivity index (χ2n) is 6.40. The van der Waals surface area contributed by atoms with Crippen molar-refractivity contribution < 1.29 is 0 Å². The topological polar surface area (TPSA) is 43.6 Å². The van der Waals surface area contributed by atoms with Gasteiger partial charge in [-0.15, -0.1) is 11.3 Å². The van der Waals surface area contributed by atoms with E-state index in [0.717, 1.165) is 30.8 Å². The van der Waals surface area contributed by atoms with Gasteiger partial charge in [0.15, 0.2) is 5.82 Å². The molecule has 4 aromatic heterocycles. The molecule has 4 heterocycles. The number of thiophene rings is 1. The number of fused-ring (bicyclic) bond motifs is 2. The molecule has 5 heteroatoms. The number of aromatic nitrogens is 4. The molecular weight excluding hydrogens is 328 g/mol. The van der Waals surface area contributed by atoms with Gasteiger partial charge in [-0.05, 0) is 55.3 Å². The van der Waals surface area contributed by atoms with E-state index in [0.29, 0.717) is 0 Å². The first-order valence-corrected chi connectivity index (χ1v) is 9.56. The van der Waals surface area contributed by atoms with Crippen LogP contribution < -0.4 is 0 Å². The summed E-state index contributed by atoms with van der Waals surface area (Å²) in [5, 5.41) is 6.17. The normalized spacial score (nSPS) is 13.5. The third-order valence-electron chi connectivity index (χ3n) is 4.83. The molecule has 25 heavy (non-hydrogen) atoms. The summed E-state index contributed by atoms with van der Waals surface area (Å²) in [6.07, 6.45) is 8.09. The van der Waals surface area contributed by atoms with Crippen LogP contribution in [0, 0.1) is 0 Å². The van der Waals surface area contributed by atoms with E-state index in [4.69, 9.17) is 10.1 Å². The molecule has 0 radical (unpaired) electrons. The van der Waals surface area contributed by atoms with Gasteiger partial charge in [0.05, 0.1) is 21.0 Å². The Kier molecular flexibility index (Phi) is 3.41. The summed E-state index contributed by atoms with van der Waals surface area (Å²) in [6.45, 7) is 2.13. The zero-order valence-electron chi connectivity index (χ0n) is 14.1. The Labute approximate surface area is 150 Å². The molecule has 5 rings (SSSR count). The number of nitrogens with zero attached hydrogens (tertiary/aromatic N) is 4. The first-order valence-electron chi connectivity index (χ1n) is 8.74. The maximum Gasteiger partial charge on any atom is 0.154 e. The van der Waals surface area contributed by atoms with Gasteiger partial charge >= 0.3 is 0 Å². The van der Waals surface area contributed by atoms with Gasteiger partial charge in [0, 0.05) is 23.7 Å². The highest BCUT2D eigenvalue weighted by Crippen LogP contribution is 2.39. The maximum atomic E-state index is 4.93. The third kappa shape index (κ3) is 2.38. The van der Waals surface area contributed by atoms with Crippen LogP contribution in [-0.2, 0) is 19.3 Å². The second-order valence-corrected chi connectivity index (χ2v) is 7.49. The molecule has 0 aromatic carbocycles. The van der Waals surface area contributed by atoms with Gasteiger partial charge in [0.2, 0.25) is 0 Å². The number of rotatable bonds is 3. The lowest BCUT2D eigenvalue weighted by atomic mass is 10.1. The van der Waals surface area contributed by atoms with Crippen LogP contribution in [0.15, 0.2) is 42.7 Å². The van der Waals surface area contributed by atoms with Gasteiger partial charge in [-0.25, -0.2) is 9.67 Å². The van der Waals surface area contributed by atoms with Crippen molar-refractivity contribution in [3.8, 4) is 16.4 Å². The van der Waals surface area contributed by atoms with E-state index < -0.39 is 0 Å². The highest BCUT2D eigenvalue weighted by Gasteiger charge is 2.25. The lowest BCUT2D eigenvalue weighted by Gasteiger charge is -2.08. The van der Waals surface area contributed by atoms with Crippen molar-refractivity contribution in [2.75, 3.05) is 0 Å². The summed E-state index contributed by atoms with van der Waals surface area (Å²) in [4.78, 5) is 10.3. The van der Waals surface area contributed by atoms with E-state index in [2.05, 4.69) is 46.9 Å². The van der Waals surface area contributed by atoms with Gasteiger partial charge in [-0.2, -0.15) is 5.10 Å². The smallest absolute Gasteiger partial charge is 0.154 e. The van der Waals surface area contributed by atoms with Crippen LogP contribution in [0.25, 0.3) is 26.5 Å². The summed E-state index contributed by atoms with van der Waals surface area (Å²) >= 11 is 1.79. The summed E-state index contributed by atoms with van der Waals surface area (Å²) in [6, 6.07) is 10.5. The summed E-state index contributed by atoms with van der Waals surface area (Å²) in [5.74, 6) is 0.916. The molecule has 0 aliphatic heterocycles. The van der Waals surface area contributed by atoms with E-state index in [1.165, 1.54) is 38.3 Å². The van der Waals surface area contributed by atoms with Gasteiger partial charge < -0.3 is 0 Å². The fourth-order valence-corrected chi connectivity index (χ4v) is 4.68. The van der Waals surface area contributed by atoms with E-state index >= 15 is 0 Å². The van der Waals surface area contributed by atoms with Crippen molar-refractivity contribution in [2.45, 2.75) is 32.6 Å². The summed E-state index contributed by atoms with van der Waals surface area (Å²) in [5.41, 5.74) is 4.94. The average molecular weight is 346 g/mol. The first kappa shape index (κ1) is 14.8. The number of hydrogen-bond donors (Lipinski definition) is 0. The molecule has 0 saturated carbocycles. The molecule has 0 amide bonds. The maximum absolute atomic E-state index is 4.93. The van der Waals surface area contributed by atoms with Gasteiger partial charge in [0.25, 0.3) is 0 Å². The number of hydrogen-bond acceptors (Lipinski definition) is 4. The lowest BCUT2D eigenvalue weighted by molar-refractivity contribution is 0.785. The van der Waals surface area contributed by atoms with Crippen molar-refractivity contribution in [2.24, 2.45) is 0 Å². The van der Waals surface area contributed by atoms with Crippen LogP contribution in [-0.4, -0.2) is 19.7 Å². The van der Waals surface area contributed by atoms with Gasteiger partial charge in [0.1, 0.15) is 0 Å². The predicted molar refractivity (Wildman–Crippen MR) is 101 cm³/mol. The van der Waals surface area contributed by atoms with Crippen molar-refractivity contribution >= 4 is 21.4 Å². The monoisotopic (exact) mass is 346 g/mol. The van der Waals surface area contributed by atoms with E-state index in [1.54, 1.807) is 11.3 Å². The van der Waals surface area contributed by atoms with Crippen molar-refractivity contribution in [3.63, 3.8) is 0 Å². The Morgan fingerprint density at radius 2 is 2.16 bits per heavy atom.